The minimum absolute atomic E-state index is 0.286. The Balaban J connectivity index is 2.25. The highest BCUT2D eigenvalue weighted by molar-refractivity contribution is 6.74. The van der Waals surface area contributed by atoms with Gasteiger partial charge in [0.1, 0.15) is 0 Å². The van der Waals surface area contributed by atoms with Gasteiger partial charge in [0.25, 0.3) is 0 Å². The first-order valence-electron chi connectivity index (χ1n) is 6.99. The van der Waals surface area contributed by atoms with Crippen LogP contribution < -0.4 is 0 Å². The number of benzene rings is 1. The van der Waals surface area contributed by atoms with E-state index in [1.807, 2.05) is 24.4 Å². The van der Waals surface area contributed by atoms with Crippen molar-refractivity contribution in [3.63, 3.8) is 0 Å². The van der Waals surface area contributed by atoms with Crippen LogP contribution in [-0.2, 0) is 11.0 Å². The quantitative estimate of drug-likeness (QED) is 0.421. The third kappa shape index (κ3) is 5.70. The molecule has 0 saturated heterocycles. The van der Waals surface area contributed by atoms with E-state index in [1.165, 1.54) is 5.56 Å². The van der Waals surface area contributed by atoms with Crippen LogP contribution in [0.5, 0.6) is 0 Å². The van der Waals surface area contributed by atoms with Crippen LogP contribution in [0.1, 0.15) is 32.8 Å². The Morgan fingerprint density at radius 1 is 1.16 bits per heavy atom. The van der Waals surface area contributed by atoms with Gasteiger partial charge in [-0.15, -0.1) is 0 Å². The van der Waals surface area contributed by atoms with Gasteiger partial charge in [-0.1, -0.05) is 51.1 Å². The largest absolute Gasteiger partial charge is 0.416 e. The Morgan fingerprint density at radius 2 is 1.79 bits per heavy atom. The van der Waals surface area contributed by atoms with E-state index < -0.39 is 8.32 Å². The van der Waals surface area contributed by atoms with Crippen LogP contribution in [0.4, 0.5) is 0 Å². The van der Waals surface area contributed by atoms with Gasteiger partial charge < -0.3 is 4.43 Å². The lowest BCUT2D eigenvalue weighted by Crippen LogP contribution is -2.41. The zero-order valence-electron chi connectivity index (χ0n) is 12.9. The lowest BCUT2D eigenvalue weighted by Gasteiger charge is -2.36. The highest BCUT2D eigenvalue weighted by atomic mass is 28.4. The Labute approximate surface area is 119 Å². The summed E-state index contributed by atoms with van der Waals surface area (Å²) in [5.41, 5.74) is 1.25. The lowest BCUT2D eigenvalue weighted by molar-refractivity contribution is 0.299. The minimum atomic E-state index is -1.59. The molecule has 106 valence electrons. The highest BCUT2D eigenvalue weighted by Gasteiger charge is 2.36. The van der Waals surface area contributed by atoms with Gasteiger partial charge >= 0.3 is 0 Å². The molecule has 3 heteroatoms. The number of aliphatic imine (C=N–C) groups is 1. The van der Waals surface area contributed by atoms with Crippen molar-refractivity contribution < 1.29 is 4.43 Å². The zero-order valence-corrected chi connectivity index (χ0v) is 13.9. The summed E-state index contributed by atoms with van der Waals surface area (Å²) in [5, 5.41) is 0.286. The van der Waals surface area contributed by atoms with Crippen molar-refractivity contribution in [2.75, 3.05) is 6.61 Å². The molecule has 0 amide bonds. The maximum atomic E-state index is 6.09. The van der Waals surface area contributed by atoms with Gasteiger partial charge in [-0.3, -0.25) is 4.99 Å². The van der Waals surface area contributed by atoms with Crippen LogP contribution in [0.2, 0.25) is 18.1 Å². The lowest BCUT2D eigenvalue weighted by atomic mass is 10.2. The summed E-state index contributed by atoms with van der Waals surface area (Å²) in [6.07, 6.45) is 2.89. The first kappa shape index (κ1) is 16.1. The second kappa shape index (κ2) is 7.01. The van der Waals surface area contributed by atoms with Gasteiger partial charge in [-0.05, 0) is 23.7 Å². The topological polar surface area (TPSA) is 21.6 Å². The van der Waals surface area contributed by atoms with Crippen LogP contribution in [0.25, 0.3) is 0 Å². The predicted octanol–water partition coefficient (Wildman–Crippen LogP) is 4.67. The third-order valence-electron chi connectivity index (χ3n) is 3.76. The van der Waals surface area contributed by atoms with Crippen LogP contribution in [0.15, 0.2) is 35.3 Å². The van der Waals surface area contributed by atoms with E-state index in [2.05, 4.69) is 51.0 Å². The average Bonchev–Trinajstić information content (AvgIpc) is 2.33. The second-order valence-electron chi connectivity index (χ2n) is 6.41. The molecule has 0 radical (unpaired) electrons. The monoisotopic (exact) mass is 277 g/mol. The van der Waals surface area contributed by atoms with Gasteiger partial charge in [-0.2, -0.15) is 0 Å². The number of hydrogen-bond donors (Lipinski definition) is 0. The van der Waals surface area contributed by atoms with Crippen molar-refractivity contribution in [1.29, 1.82) is 0 Å². The summed E-state index contributed by atoms with van der Waals surface area (Å²) in [6, 6.07) is 10.3. The number of rotatable bonds is 6. The van der Waals surface area contributed by atoms with Crippen LogP contribution in [-0.4, -0.2) is 21.1 Å². The van der Waals surface area contributed by atoms with Gasteiger partial charge in [0, 0.05) is 19.2 Å². The fraction of sp³-hybridized carbons (Fsp3) is 0.562. The summed E-state index contributed by atoms with van der Waals surface area (Å²) in [5.74, 6) is 0. The average molecular weight is 277 g/mol. The summed E-state index contributed by atoms with van der Waals surface area (Å²) in [4.78, 5) is 4.43. The van der Waals surface area contributed by atoms with E-state index in [4.69, 9.17) is 4.43 Å². The molecule has 0 N–H and O–H groups in total. The fourth-order valence-corrected chi connectivity index (χ4v) is 2.49. The van der Waals surface area contributed by atoms with Crippen molar-refractivity contribution in [2.45, 2.75) is 51.9 Å². The normalized spacial score (nSPS) is 13.1. The second-order valence-corrected chi connectivity index (χ2v) is 11.2. The third-order valence-corrected chi connectivity index (χ3v) is 8.30. The zero-order chi connectivity index (χ0) is 14.4. The molecule has 0 bridgehead atoms. The van der Waals surface area contributed by atoms with E-state index in [0.717, 1.165) is 19.6 Å². The van der Waals surface area contributed by atoms with Crippen molar-refractivity contribution in [3.8, 4) is 0 Å². The first-order chi connectivity index (χ1) is 8.83. The summed E-state index contributed by atoms with van der Waals surface area (Å²) in [7, 11) is -1.59. The molecular formula is C16H27NOSi. The molecule has 0 spiro atoms. The Morgan fingerprint density at radius 3 is 2.37 bits per heavy atom. The predicted molar refractivity (Wildman–Crippen MR) is 86.4 cm³/mol. The molecule has 1 aromatic carbocycles. The van der Waals surface area contributed by atoms with E-state index in [9.17, 15) is 0 Å². The van der Waals surface area contributed by atoms with Crippen molar-refractivity contribution in [1.82, 2.24) is 0 Å². The van der Waals surface area contributed by atoms with Crippen LogP contribution in [0, 0.1) is 0 Å². The molecule has 1 aromatic rings. The van der Waals surface area contributed by atoms with Gasteiger partial charge in [-0.25, -0.2) is 0 Å². The van der Waals surface area contributed by atoms with Gasteiger partial charge in [0.05, 0.1) is 6.54 Å². The van der Waals surface area contributed by atoms with E-state index >= 15 is 0 Å². The van der Waals surface area contributed by atoms with Crippen LogP contribution in [0.3, 0.4) is 0 Å². The fourth-order valence-electron chi connectivity index (χ4n) is 1.43. The first-order valence-corrected chi connectivity index (χ1v) is 9.90. The van der Waals surface area contributed by atoms with E-state index in [-0.39, 0.29) is 5.04 Å². The van der Waals surface area contributed by atoms with Gasteiger partial charge in [0.2, 0.25) is 0 Å². The molecule has 0 aliphatic heterocycles. The molecule has 0 heterocycles. The molecule has 0 fully saturated rings. The van der Waals surface area contributed by atoms with Crippen molar-refractivity contribution in [3.05, 3.63) is 35.9 Å². The molecule has 2 nitrogen and oxygen atoms in total. The standard InChI is InChI=1S/C16H27NOSi/c1-16(2,3)19(4,5)18-13-9-12-17-14-15-10-7-6-8-11-15/h6-8,10-12H,9,13-14H2,1-5H3. The molecule has 0 unspecified atom stereocenters. The minimum Gasteiger partial charge on any atom is -0.416 e. The molecule has 0 atom stereocenters. The molecule has 0 aliphatic rings. The van der Waals surface area contributed by atoms with Crippen molar-refractivity contribution in [2.24, 2.45) is 4.99 Å². The van der Waals surface area contributed by atoms with Gasteiger partial charge in [0.15, 0.2) is 8.32 Å². The maximum absolute atomic E-state index is 6.09. The SMILES string of the molecule is CC(C)(C)[Si](C)(C)OCCC=NCc1ccccc1. The Hall–Kier alpha value is -0.933. The summed E-state index contributed by atoms with van der Waals surface area (Å²) < 4.78 is 6.09. The molecule has 0 aromatic heterocycles. The van der Waals surface area contributed by atoms with E-state index in [1.54, 1.807) is 0 Å². The number of hydrogen-bond acceptors (Lipinski definition) is 2. The maximum Gasteiger partial charge on any atom is 0.191 e. The molecule has 0 aliphatic carbocycles. The highest BCUT2D eigenvalue weighted by Crippen LogP contribution is 2.36. The Kier molecular flexibility index (Phi) is 5.95. The molecule has 19 heavy (non-hydrogen) atoms. The smallest absolute Gasteiger partial charge is 0.191 e. The molecule has 1 rings (SSSR count). The molecular weight excluding hydrogens is 250 g/mol. The number of nitrogens with zero attached hydrogens (tertiary/aromatic N) is 1. The van der Waals surface area contributed by atoms with E-state index in [0.29, 0.717) is 0 Å². The van der Waals surface area contributed by atoms with Crippen LogP contribution >= 0.6 is 0 Å². The summed E-state index contributed by atoms with van der Waals surface area (Å²) >= 11 is 0. The molecule has 0 saturated carbocycles. The summed E-state index contributed by atoms with van der Waals surface area (Å²) in [6.45, 7) is 12.9. The van der Waals surface area contributed by atoms with Crippen molar-refractivity contribution >= 4 is 14.5 Å². The Bertz CT molecular complexity index is 393.